The van der Waals surface area contributed by atoms with E-state index < -0.39 is 15.9 Å². The minimum absolute atomic E-state index is 0.115. The molecule has 1 aliphatic heterocycles. The van der Waals surface area contributed by atoms with Gasteiger partial charge in [-0.25, -0.2) is 8.42 Å². The molecule has 8 heteroatoms. The van der Waals surface area contributed by atoms with Gasteiger partial charge in [0.05, 0.1) is 20.6 Å². The smallest absolute Gasteiger partial charge is 0.255 e. The number of nitrogens with one attached hydrogen (secondary N) is 1. The van der Waals surface area contributed by atoms with Crippen molar-refractivity contribution in [3.8, 4) is 0 Å². The zero-order valence-electron chi connectivity index (χ0n) is 13.9. The van der Waals surface area contributed by atoms with Crippen molar-refractivity contribution >= 4 is 44.8 Å². The summed E-state index contributed by atoms with van der Waals surface area (Å²) in [5, 5.41) is 3.22. The Hall–Kier alpha value is -1.60. The number of carbonyl (C=O) groups excluding carboxylic acids is 1. The van der Waals surface area contributed by atoms with Crippen LogP contribution in [0.3, 0.4) is 0 Å². The molecule has 0 spiro atoms. The van der Waals surface area contributed by atoms with Crippen molar-refractivity contribution in [3.05, 3.63) is 58.1 Å². The van der Waals surface area contributed by atoms with Gasteiger partial charge in [0.2, 0.25) is 10.0 Å². The second kappa shape index (κ2) is 7.96. The minimum atomic E-state index is -3.60. The summed E-state index contributed by atoms with van der Waals surface area (Å²) in [5.74, 6) is -0.454. The highest BCUT2D eigenvalue weighted by molar-refractivity contribution is 7.89. The van der Waals surface area contributed by atoms with Crippen LogP contribution in [0.25, 0.3) is 0 Å². The van der Waals surface area contributed by atoms with E-state index in [1.807, 2.05) is 0 Å². The Labute approximate surface area is 163 Å². The van der Waals surface area contributed by atoms with Gasteiger partial charge in [0.1, 0.15) is 0 Å². The van der Waals surface area contributed by atoms with Gasteiger partial charge < -0.3 is 5.32 Å². The topological polar surface area (TPSA) is 66.5 Å². The van der Waals surface area contributed by atoms with Gasteiger partial charge in [0.15, 0.2) is 0 Å². The van der Waals surface area contributed by atoms with Crippen LogP contribution in [0.15, 0.2) is 47.4 Å². The maximum atomic E-state index is 12.8. The molecular formula is C18H18Cl2N2O3S. The first-order valence-electron chi connectivity index (χ1n) is 8.25. The van der Waals surface area contributed by atoms with Crippen LogP contribution in [0.2, 0.25) is 10.0 Å². The third kappa shape index (κ3) is 4.04. The fourth-order valence-corrected chi connectivity index (χ4v) is 4.76. The number of piperidine rings is 1. The summed E-state index contributed by atoms with van der Waals surface area (Å²) in [6.45, 7) is 1.02. The molecule has 0 radical (unpaired) electrons. The molecule has 2 aromatic carbocycles. The average molecular weight is 413 g/mol. The Balaban J connectivity index is 1.84. The van der Waals surface area contributed by atoms with Crippen molar-refractivity contribution in [1.29, 1.82) is 0 Å². The lowest BCUT2D eigenvalue weighted by atomic mass is 10.2. The zero-order chi connectivity index (χ0) is 18.7. The standard InChI is InChI=1S/C18H18Cl2N2O3S/c19-15-8-5-9-16(17(15)20)21-18(23)13-6-4-7-14(12-13)26(24,25)22-10-2-1-3-11-22/h4-9,12H,1-3,10-11H2,(H,21,23). The van der Waals surface area contributed by atoms with Gasteiger partial charge >= 0.3 is 0 Å². The lowest BCUT2D eigenvalue weighted by molar-refractivity contribution is 0.102. The number of rotatable bonds is 4. The van der Waals surface area contributed by atoms with Crippen LogP contribution in [0, 0.1) is 0 Å². The molecule has 1 saturated heterocycles. The summed E-state index contributed by atoms with van der Waals surface area (Å²) in [5.41, 5.74) is 0.604. The van der Waals surface area contributed by atoms with Crippen molar-refractivity contribution in [2.45, 2.75) is 24.2 Å². The van der Waals surface area contributed by atoms with Crippen molar-refractivity contribution in [1.82, 2.24) is 4.31 Å². The van der Waals surface area contributed by atoms with Crippen LogP contribution >= 0.6 is 23.2 Å². The number of carbonyl (C=O) groups is 1. The molecule has 0 aromatic heterocycles. The molecule has 0 aliphatic carbocycles. The molecular weight excluding hydrogens is 395 g/mol. The normalized spacial score (nSPS) is 15.6. The third-order valence-electron chi connectivity index (χ3n) is 4.25. The number of amides is 1. The van der Waals surface area contributed by atoms with Gasteiger partial charge in [-0.1, -0.05) is 41.8 Å². The highest BCUT2D eigenvalue weighted by Crippen LogP contribution is 2.30. The molecule has 0 unspecified atom stereocenters. The maximum Gasteiger partial charge on any atom is 0.255 e. The number of anilines is 1. The Kier molecular flexibility index (Phi) is 5.87. The summed E-state index contributed by atoms with van der Waals surface area (Å²) in [6, 6.07) is 10.9. The van der Waals surface area contributed by atoms with E-state index in [1.54, 1.807) is 30.3 Å². The molecule has 2 aromatic rings. The average Bonchev–Trinajstić information content (AvgIpc) is 2.66. The Morgan fingerprint density at radius 1 is 1.00 bits per heavy atom. The minimum Gasteiger partial charge on any atom is -0.321 e. The molecule has 5 nitrogen and oxygen atoms in total. The molecule has 138 valence electrons. The van der Waals surface area contributed by atoms with E-state index >= 15 is 0 Å². The molecule has 1 N–H and O–H groups in total. The number of nitrogens with zero attached hydrogens (tertiary/aromatic N) is 1. The molecule has 0 atom stereocenters. The quantitative estimate of drug-likeness (QED) is 0.807. The fourth-order valence-electron chi connectivity index (χ4n) is 2.85. The van der Waals surface area contributed by atoms with Gasteiger partial charge in [0.25, 0.3) is 5.91 Å². The molecule has 1 fully saturated rings. The lowest BCUT2D eigenvalue weighted by Gasteiger charge is -2.26. The molecule has 0 saturated carbocycles. The Morgan fingerprint density at radius 2 is 1.69 bits per heavy atom. The largest absolute Gasteiger partial charge is 0.321 e. The first kappa shape index (κ1) is 19.2. The van der Waals surface area contributed by atoms with E-state index in [4.69, 9.17) is 23.2 Å². The molecule has 1 heterocycles. The fraction of sp³-hybridized carbons (Fsp3) is 0.278. The summed E-state index contributed by atoms with van der Waals surface area (Å²) in [4.78, 5) is 12.6. The lowest BCUT2D eigenvalue weighted by Crippen LogP contribution is -2.35. The van der Waals surface area contributed by atoms with Crippen molar-refractivity contribution in [2.24, 2.45) is 0 Å². The van der Waals surface area contributed by atoms with Gasteiger partial charge in [-0.05, 0) is 43.2 Å². The molecule has 1 aliphatic rings. The summed E-state index contributed by atoms with van der Waals surface area (Å²) in [7, 11) is -3.60. The third-order valence-corrected chi connectivity index (χ3v) is 6.96. The van der Waals surface area contributed by atoms with Gasteiger partial charge in [-0.3, -0.25) is 4.79 Å². The second-order valence-electron chi connectivity index (χ2n) is 6.05. The van der Waals surface area contributed by atoms with Crippen LogP contribution in [-0.4, -0.2) is 31.7 Å². The van der Waals surface area contributed by atoms with Gasteiger partial charge in [-0.2, -0.15) is 4.31 Å². The first-order valence-corrected chi connectivity index (χ1v) is 10.4. The van der Waals surface area contributed by atoms with Crippen LogP contribution < -0.4 is 5.32 Å². The van der Waals surface area contributed by atoms with Crippen LogP contribution in [0.4, 0.5) is 5.69 Å². The molecule has 0 bridgehead atoms. The summed E-state index contributed by atoms with van der Waals surface area (Å²) >= 11 is 12.0. The number of hydrogen-bond acceptors (Lipinski definition) is 3. The van der Waals surface area contributed by atoms with Gasteiger partial charge in [0, 0.05) is 18.7 Å². The predicted octanol–water partition coefficient (Wildman–Crippen LogP) is 4.42. The van der Waals surface area contributed by atoms with Crippen molar-refractivity contribution < 1.29 is 13.2 Å². The number of benzene rings is 2. The maximum absolute atomic E-state index is 12.8. The zero-order valence-corrected chi connectivity index (χ0v) is 16.2. The second-order valence-corrected chi connectivity index (χ2v) is 8.77. The van der Waals surface area contributed by atoms with E-state index in [1.165, 1.54) is 16.4 Å². The monoisotopic (exact) mass is 412 g/mol. The highest BCUT2D eigenvalue weighted by atomic mass is 35.5. The molecule has 1 amide bonds. The Morgan fingerprint density at radius 3 is 2.42 bits per heavy atom. The van der Waals surface area contributed by atoms with Crippen LogP contribution in [0.5, 0.6) is 0 Å². The summed E-state index contributed by atoms with van der Waals surface area (Å²) in [6.07, 6.45) is 2.74. The van der Waals surface area contributed by atoms with Crippen molar-refractivity contribution in [2.75, 3.05) is 18.4 Å². The number of hydrogen-bond donors (Lipinski definition) is 1. The van der Waals surface area contributed by atoms with E-state index in [0.717, 1.165) is 19.3 Å². The highest BCUT2D eigenvalue weighted by Gasteiger charge is 2.26. The predicted molar refractivity (Wildman–Crippen MR) is 103 cm³/mol. The molecule has 26 heavy (non-hydrogen) atoms. The van der Waals surface area contributed by atoms with E-state index in [2.05, 4.69) is 5.32 Å². The van der Waals surface area contributed by atoms with Crippen LogP contribution in [0.1, 0.15) is 29.6 Å². The van der Waals surface area contributed by atoms with E-state index in [-0.39, 0.29) is 15.5 Å². The van der Waals surface area contributed by atoms with Crippen molar-refractivity contribution in [3.63, 3.8) is 0 Å². The summed E-state index contributed by atoms with van der Waals surface area (Å²) < 4.78 is 27.0. The van der Waals surface area contributed by atoms with E-state index in [0.29, 0.717) is 23.8 Å². The van der Waals surface area contributed by atoms with Gasteiger partial charge in [-0.15, -0.1) is 0 Å². The van der Waals surface area contributed by atoms with E-state index in [9.17, 15) is 13.2 Å². The number of halogens is 2. The number of sulfonamides is 1. The van der Waals surface area contributed by atoms with Crippen LogP contribution in [-0.2, 0) is 10.0 Å². The SMILES string of the molecule is O=C(Nc1cccc(Cl)c1Cl)c1cccc(S(=O)(=O)N2CCCCC2)c1. The first-order chi connectivity index (χ1) is 12.4. The molecule has 3 rings (SSSR count). The Bertz CT molecular complexity index is 926.